The van der Waals surface area contributed by atoms with Crippen LogP contribution < -0.4 is 0 Å². The SMILES string of the molecule is CCOC(=O)N1CCC(N(CC(=O)N2CCCC2)C(C)=O)CC1. The van der Waals surface area contributed by atoms with E-state index in [4.69, 9.17) is 4.74 Å². The highest BCUT2D eigenvalue weighted by molar-refractivity contribution is 5.84. The smallest absolute Gasteiger partial charge is 0.409 e. The Balaban J connectivity index is 1.88. The van der Waals surface area contributed by atoms with Gasteiger partial charge in [0.25, 0.3) is 0 Å². The van der Waals surface area contributed by atoms with Crippen molar-refractivity contribution in [3.8, 4) is 0 Å². The lowest BCUT2D eigenvalue weighted by molar-refractivity contribution is -0.141. The molecule has 0 saturated carbocycles. The van der Waals surface area contributed by atoms with E-state index in [1.165, 1.54) is 6.92 Å². The molecule has 2 heterocycles. The average Bonchev–Trinajstić information content (AvgIpc) is 3.07. The number of hydrogen-bond acceptors (Lipinski definition) is 4. The van der Waals surface area contributed by atoms with Crippen molar-refractivity contribution in [1.82, 2.24) is 14.7 Å². The number of carbonyl (C=O) groups is 3. The van der Waals surface area contributed by atoms with Gasteiger partial charge < -0.3 is 19.4 Å². The Morgan fingerprint density at radius 1 is 1.04 bits per heavy atom. The Morgan fingerprint density at radius 2 is 1.65 bits per heavy atom. The molecule has 0 atom stereocenters. The predicted octanol–water partition coefficient (Wildman–Crippen LogP) is 1.08. The maximum atomic E-state index is 12.3. The van der Waals surface area contributed by atoms with Gasteiger partial charge in [-0.1, -0.05) is 0 Å². The first-order chi connectivity index (χ1) is 11.0. The molecule has 0 aromatic heterocycles. The standard InChI is InChI=1S/C16H27N3O4/c1-3-23-16(22)18-10-6-14(7-11-18)19(13(2)20)12-15(21)17-8-4-5-9-17/h14H,3-12H2,1-2H3. The van der Waals surface area contributed by atoms with E-state index in [0.717, 1.165) is 25.9 Å². The summed E-state index contributed by atoms with van der Waals surface area (Å²) >= 11 is 0. The average molecular weight is 325 g/mol. The summed E-state index contributed by atoms with van der Waals surface area (Å²) < 4.78 is 5.00. The normalized spacial score (nSPS) is 18.9. The highest BCUT2D eigenvalue weighted by Crippen LogP contribution is 2.18. The third-order valence-corrected chi connectivity index (χ3v) is 4.60. The Kier molecular flexibility index (Phi) is 6.24. The second kappa shape index (κ2) is 8.17. The zero-order valence-electron chi connectivity index (χ0n) is 14.1. The van der Waals surface area contributed by atoms with Crippen LogP contribution >= 0.6 is 0 Å². The van der Waals surface area contributed by atoms with Crippen molar-refractivity contribution in [2.45, 2.75) is 45.6 Å². The van der Waals surface area contributed by atoms with Crippen molar-refractivity contribution < 1.29 is 19.1 Å². The first-order valence-electron chi connectivity index (χ1n) is 8.49. The van der Waals surface area contributed by atoms with Crippen molar-refractivity contribution in [3.63, 3.8) is 0 Å². The van der Waals surface area contributed by atoms with Crippen molar-refractivity contribution >= 4 is 17.9 Å². The Bertz CT molecular complexity index is 441. The van der Waals surface area contributed by atoms with E-state index in [2.05, 4.69) is 0 Å². The number of carbonyl (C=O) groups excluding carboxylic acids is 3. The van der Waals surface area contributed by atoms with Crippen molar-refractivity contribution in [3.05, 3.63) is 0 Å². The van der Waals surface area contributed by atoms with Crippen LogP contribution in [0.2, 0.25) is 0 Å². The lowest BCUT2D eigenvalue weighted by Gasteiger charge is -2.37. The van der Waals surface area contributed by atoms with Crippen LogP contribution in [0.1, 0.15) is 39.5 Å². The number of nitrogens with zero attached hydrogens (tertiary/aromatic N) is 3. The lowest BCUT2D eigenvalue weighted by Crippen LogP contribution is -2.51. The molecule has 0 aromatic carbocycles. The number of rotatable bonds is 4. The monoisotopic (exact) mass is 325 g/mol. The molecule has 0 bridgehead atoms. The second-order valence-corrected chi connectivity index (χ2v) is 6.15. The van der Waals surface area contributed by atoms with Crippen LogP contribution in [-0.4, -0.2) is 78.0 Å². The molecule has 0 aromatic rings. The zero-order valence-corrected chi connectivity index (χ0v) is 14.1. The second-order valence-electron chi connectivity index (χ2n) is 6.15. The van der Waals surface area contributed by atoms with E-state index < -0.39 is 0 Å². The molecule has 2 aliphatic rings. The number of likely N-dealkylation sites (tertiary alicyclic amines) is 2. The van der Waals surface area contributed by atoms with E-state index in [0.29, 0.717) is 32.5 Å². The summed E-state index contributed by atoms with van der Waals surface area (Å²) in [6.07, 6.45) is 3.17. The quantitative estimate of drug-likeness (QED) is 0.775. The fourth-order valence-electron chi connectivity index (χ4n) is 3.28. The van der Waals surface area contributed by atoms with E-state index in [9.17, 15) is 14.4 Å². The molecule has 0 spiro atoms. The van der Waals surface area contributed by atoms with Gasteiger partial charge in [0.15, 0.2) is 0 Å². The molecule has 0 unspecified atom stereocenters. The fraction of sp³-hybridized carbons (Fsp3) is 0.812. The summed E-state index contributed by atoms with van der Waals surface area (Å²) in [5, 5.41) is 0. The van der Waals surface area contributed by atoms with Crippen LogP contribution in [0.3, 0.4) is 0 Å². The zero-order chi connectivity index (χ0) is 16.8. The minimum atomic E-state index is -0.298. The Hall–Kier alpha value is -1.79. The van der Waals surface area contributed by atoms with Gasteiger partial charge in [0.1, 0.15) is 0 Å². The maximum Gasteiger partial charge on any atom is 0.409 e. The molecule has 0 N–H and O–H groups in total. The summed E-state index contributed by atoms with van der Waals surface area (Å²) in [7, 11) is 0. The summed E-state index contributed by atoms with van der Waals surface area (Å²) in [5.74, 6) is -0.0438. The molecule has 0 aliphatic carbocycles. The summed E-state index contributed by atoms with van der Waals surface area (Å²) in [6, 6.07) is 0.0183. The van der Waals surface area contributed by atoms with Crippen LogP contribution in [0.15, 0.2) is 0 Å². The third kappa shape index (κ3) is 4.59. The summed E-state index contributed by atoms with van der Waals surface area (Å²) in [6.45, 7) is 6.53. The topological polar surface area (TPSA) is 70.2 Å². The van der Waals surface area contributed by atoms with Gasteiger partial charge in [0, 0.05) is 39.1 Å². The van der Waals surface area contributed by atoms with Crippen molar-refractivity contribution in [1.29, 1.82) is 0 Å². The largest absolute Gasteiger partial charge is 0.450 e. The van der Waals surface area contributed by atoms with Crippen LogP contribution in [-0.2, 0) is 14.3 Å². The van der Waals surface area contributed by atoms with E-state index in [1.807, 2.05) is 4.90 Å². The molecule has 7 heteroatoms. The van der Waals surface area contributed by atoms with Gasteiger partial charge in [-0.3, -0.25) is 9.59 Å². The molecule has 2 rings (SSSR count). The minimum absolute atomic E-state index is 0.0183. The molecular formula is C16H27N3O4. The van der Waals surface area contributed by atoms with Gasteiger partial charge in [0.05, 0.1) is 13.2 Å². The van der Waals surface area contributed by atoms with Crippen LogP contribution in [0, 0.1) is 0 Å². The van der Waals surface area contributed by atoms with E-state index in [-0.39, 0.29) is 30.5 Å². The van der Waals surface area contributed by atoms with E-state index >= 15 is 0 Å². The lowest BCUT2D eigenvalue weighted by atomic mass is 10.0. The van der Waals surface area contributed by atoms with Crippen LogP contribution in [0.25, 0.3) is 0 Å². The Morgan fingerprint density at radius 3 is 2.17 bits per heavy atom. The predicted molar refractivity (Wildman–Crippen MR) is 84.8 cm³/mol. The molecule has 2 aliphatic heterocycles. The molecule has 7 nitrogen and oxygen atoms in total. The van der Waals surface area contributed by atoms with Crippen LogP contribution in [0.4, 0.5) is 4.79 Å². The fourth-order valence-corrected chi connectivity index (χ4v) is 3.28. The number of amides is 3. The Labute approximate surface area is 137 Å². The summed E-state index contributed by atoms with van der Waals surface area (Å²) in [4.78, 5) is 41.2. The van der Waals surface area contributed by atoms with Gasteiger partial charge in [-0.15, -0.1) is 0 Å². The summed E-state index contributed by atoms with van der Waals surface area (Å²) in [5.41, 5.74) is 0. The van der Waals surface area contributed by atoms with Crippen molar-refractivity contribution in [2.24, 2.45) is 0 Å². The molecule has 2 saturated heterocycles. The van der Waals surface area contributed by atoms with Gasteiger partial charge >= 0.3 is 6.09 Å². The van der Waals surface area contributed by atoms with Gasteiger partial charge in [-0.25, -0.2) is 4.79 Å². The van der Waals surface area contributed by atoms with E-state index in [1.54, 1.807) is 16.7 Å². The maximum absolute atomic E-state index is 12.3. The first-order valence-corrected chi connectivity index (χ1v) is 8.49. The third-order valence-electron chi connectivity index (χ3n) is 4.60. The number of hydrogen-bond donors (Lipinski definition) is 0. The van der Waals surface area contributed by atoms with Gasteiger partial charge in [-0.2, -0.15) is 0 Å². The number of piperidine rings is 1. The van der Waals surface area contributed by atoms with Gasteiger partial charge in [-0.05, 0) is 32.6 Å². The molecule has 3 amide bonds. The minimum Gasteiger partial charge on any atom is -0.450 e. The molecule has 130 valence electrons. The molecule has 2 fully saturated rings. The number of ether oxygens (including phenoxy) is 1. The highest BCUT2D eigenvalue weighted by atomic mass is 16.6. The molecule has 23 heavy (non-hydrogen) atoms. The molecular weight excluding hydrogens is 298 g/mol. The van der Waals surface area contributed by atoms with Crippen molar-refractivity contribution in [2.75, 3.05) is 39.3 Å². The highest BCUT2D eigenvalue weighted by Gasteiger charge is 2.31. The first kappa shape index (κ1) is 17.6. The molecule has 0 radical (unpaired) electrons. The van der Waals surface area contributed by atoms with Crippen LogP contribution in [0.5, 0.6) is 0 Å². The van der Waals surface area contributed by atoms with Gasteiger partial charge in [0.2, 0.25) is 11.8 Å².